The minimum absolute atomic E-state index is 0.138. The van der Waals surface area contributed by atoms with Crippen LogP contribution >= 0.6 is 23.4 Å². The van der Waals surface area contributed by atoms with Crippen molar-refractivity contribution >= 4 is 35.0 Å². The van der Waals surface area contributed by atoms with Gasteiger partial charge in [0, 0.05) is 24.2 Å². The highest BCUT2D eigenvalue weighted by molar-refractivity contribution is 7.99. The van der Waals surface area contributed by atoms with Crippen molar-refractivity contribution in [2.45, 2.75) is 11.6 Å². The average molecular weight is 479 g/mol. The molecule has 0 bridgehead atoms. The third-order valence-corrected chi connectivity index (χ3v) is 6.23. The van der Waals surface area contributed by atoms with Crippen molar-refractivity contribution in [1.82, 2.24) is 14.8 Å². The van der Waals surface area contributed by atoms with Crippen molar-refractivity contribution < 1.29 is 14.3 Å². The molecule has 0 fully saturated rings. The van der Waals surface area contributed by atoms with Crippen LogP contribution in [0, 0.1) is 0 Å². The largest absolute Gasteiger partial charge is 0.454 e. The maximum atomic E-state index is 12.7. The van der Waals surface area contributed by atoms with Crippen LogP contribution in [0.1, 0.15) is 11.4 Å². The number of carbonyl (C=O) groups is 1. The van der Waals surface area contributed by atoms with Crippen LogP contribution in [-0.4, -0.2) is 33.2 Å². The zero-order valence-corrected chi connectivity index (χ0v) is 19.0. The number of amides is 1. The Morgan fingerprint density at radius 2 is 1.70 bits per heavy atom. The molecular formula is C24H19ClN4O3S. The normalized spacial score (nSPS) is 12.0. The first kappa shape index (κ1) is 21.4. The van der Waals surface area contributed by atoms with Crippen molar-refractivity contribution in [2.24, 2.45) is 0 Å². The highest BCUT2D eigenvalue weighted by Gasteiger charge is 2.19. The van der Waals surface area contributed by atoms with Gasteiger partial charge in [-0.3, -0.25) is 9.36 Å². The first-order valence-electron chi connectivity index (χ1n) is 10.2. The summed E-state index contributed by atoms with van der Waals surface area (Å²) in [5.74, 6) is 1.84. The van der Waals surface area contributed by atoms with Crippen molar-refractivity contribution in [3.8, 4) is 17.2 Å². The molecule has 0 radical (unpaired) electrons. The number of anilines is 1. The van der Waals surface area contributed by atoms with E-state index in [4.69, 9.17) is 21.1 Å². The maximum absolute atomic E-state index is 12.7. The van der Waals surface area contributed by atoms with Gasteiger partial charge in [-0.15, -0.1) is 10.2 Å². The Morgan fingerprint density at radius 1 is 1.00 bits per heavy atom. The minimum Gasteiger partial charge on any atom is -0.454 e. The van der Waals surface area contributed by atoms with Crippen LogP contribution in [0.5, 0.6) is 11.5 Å². The lowest BCUT2D eigenvalue weighted by atomic mass is 10.1. The number of nitrogens with one attached hydrogen (secondary N) is 1. The van der Waals surface area contributed by atoms with Crippen molar-refractivity contribution in [3.05, 3.63) is 89.2 Å². The number of rotatable bonds is 7. The first-order valence-corrected chi connectivity index (χ1v) is 11.6. The Balaban J connectivity index is 1.33. The van der Waals surface area contributed by atoms with Gasteiger partial charge >= 0.3 is 0 Å². The smallest absolute Gasteiger partial charge is 0.234 e. The second kappa shape index (κ2) is 9.56. The molecule has 7 nitrogen and oxygen atoms in total. The maximum Gasteiger partial charge on any atom is 0.234 e. The van der Waals surface area contributed by atoms with Gasteiger partial charge in [-0.25, -0.2) is 0 Å². The molecule has 2 heterocycles. The van der Waals surface area contributed by atoms with Crippen molar-refractivity contribution in [2.75, 3.05) is 17.9 Å². The third kappa shape index (κ3) is 4.81. The van der Waals surface area contributed by atoms with Crippen LogP contribution in [0.25, 0.3) is 5.69 Å². The molecule has 0 saturated heterocycles. The summed E-state index contributed by atoms with van der Waals surface area (Å²) >= 11 is 7.58. The van der Waals surface area contributed by atoms with E-state index in [1.54, 1.807) is 12.1 Å². The van der Waals surface area contributed by atoms with Crippen LogP contribution in [-0.2, 0) is 11.2 Å². The van der Waals surface area contributed by atoms with E-state index in [0.29, 0.717) is 33.8 Å². The van der Waals surface area contributed by atoms with E-state index in [9.17, 15) is 4.79 Å². The number of benzene rings is 3. The minimum atomic E-state index is -0.215. The fraction of sp³-hybridized carbons (Fsp3) is 0.125. The molecule has 0 aliphatic carbocycles. The van der Waals surface area contributed by atoms with E-state index in [1.165, 1.54) is 11.8 Å². The zero-order valence-electron chi connectivity index (χ0n) is 17.4. The number of nitrogens with zero attached hydrogens (tertiary/aromatic N) is 3. The third-order valence-electron chi connectivity index (χ3n) is 4.99. The lowest BCUT2D eigenvalue weighted by Crippen LogP contribution is -2.15. The van der Waals surface area contributed by atoms with Gasteiger partial charge < -0.3 is 14.8 Å². The first-order chi connectivity index (χ1) is 16.2. The molecule has 9 heteroatoms. The van der Waals surface area contributed by atoms with Crippen LogP contribution in [0.2, 0.25) is 5.02 Å². The van der Waals surface area contributed by atoms with Gasteiger partial charge in [-0.05, 0) is 17.7 Å². The zero-order chi connectivity index (χ0) is 22.6. The predicted molar refractivity (Wildman–Crippen MR) is 128 cm³/mol. The Morgan fingerprint density at radius 3 is 2.45 bits per heavy atom. The Bertz CT molecular complexity index is 1280. The van der Waals surface area contributed by atoms with E-state index < -0.39 is 0 Å². The quantitative estimate of drug-likeness (QED) is 0.378. The van der Waals surface area contributed by atoms with Crippen LogP contribution < -0.4 is 14.8 Å². The number of hydrogen-bond acceptors (Lipinski definition) is 6. The van der Waals surface area contributed by atoms with Gasteiger partial charge in [0.05, 0.1) is 16.5 Å². The summed E-state index contributed by atoms with van der Waals surface area (Å²) in [5, 5.41) is 12.6. The molecular weight excluding hydrogens is 460 g/mol. The molecule has 1 amide bonds. The number of fused-ring (bicyclic) bond motifs is 1. The van der Waals surface area contributed by atoms with Gasteiger partial charge in [-0.1, -0.05) is 71.9 Å². The fourth-order valence-electron chi connectivity index (χ4n) is 3.45. The predicted octanol–water partition coefficient (Wildman–Crippen LogP) is 4.97. The monoisotopic (exact) mass is 478 g/mol. The summed E-state index contributed by atoms with van der Waals surface area (Å²) < 4.78 is 12.7. The Hall–Kier alpha value is -3.49. The molecule has 1 N–H and O–H groups in total. The van der Waals surface area contributed by atoms with Crippen molar-refractivity contribution in [1.29, 1.82) is 0 Å². The van der Waals surface area contributed by atoms with Gasteiger partial charge in [0.2, 0.25) is 12.7 Å². The fourth-order valence-corrected chi connectivity index (χ4v) is 4.42. The molecule has 1 aliphatic heterocycles. The van der Waals surface area contributed by atoms with Crippen LogP contribution in [0.3, 0.4) is 0 Å². The number of carbonyl (C=O) groups excluding carboxylic acids is 1. The molecule has 0 atom stereocenters. The van der Waals surface area contributed by atoms with Gasteiger partial charge in [-0.2, -0.15) is 0 Å². The van der Waals surface area contributed by atoms with E-state index in [1.807, 2.05) is 53.1 Å². The highest BCUT2D eigenvalue weighted by atomic mass is 35.5. The number of ether oxygens (including phenoxy) is 2. The van der Waals surface area contributed by atoms with Gasteiger partial charge in [0.15, 0.2) is 16.7 Å². The van der Waals surface area contributed by atoms with Crippen LogP contribution in [0.15, 0.2) is 78.0 Å². The summed E-state index contributed by atoms with van der Waals surface area (Å²) in [4.78, 5) is 12.7. The average Bonchev–Trinajstić information content (AvgIpc) is 3.45. The Labute approximate surface area is 199 Å². The SMILES string of the molecule is O=C(CSc1nnc(Cc2ccccc2)n1-c1ccccc1)Nc1cc2c(cc1Cl)OCO2. The van der Waals surface area contributed by atoms with E-state index in [0.717, 1.165) is 17.1 Å². The van der Waals surface area contributed by atoms with Crippen molar-refractivity contribution in [3.63, 3.8) is 0 Å². The van der Waals surface area contributed by atoms with Crippen LogP contribution in [0.4, 0.5) is 5.69 Å². The lowest BCUT2D eigenvalue weighted by molar-refractivity contribution is -0.113. The number of thioether (sulfide) groups is 1. The topological polar surface area (TPSA) is 78.3 Å². The second-order valence-electron chi connectivity index (χ2n) is 7.25. The van der Waals surface area contributed by atoms with E-state index in [-0.39, 0.29) is 18.5 Å². The molecule has 1 aromatic heterocycles. The van der Waals surface area contributed by atoms with Gasteiger partial charge in [0.1, 0.15) is 5.82 Å². The summed E-state index contributed by atoms with van der Waals surface area (Å²) in [6, 6.07) is 23.3. The molecule has 0 spiro atoms. The number of halogens is 1. The molecule has 33 heavy (non-hydrogen) atoms. The number of aromatic nitrogens is 3. The molecule has 3 aromatic carbocycles. The second-order valence-corrected chi connectivity index (χ2v) is 8.60. The lowest BCUT2D eigenvalue weighted by Gasteiger charge is -2.11. The summed E-state index contributed by atoms with van der Waals surface area (Å²) in [7, 11) is 0. The molecule has 4 aromatic rings. The standard InChI is InChI=1S/C24H19ClN4O3S/c25-18-12-20-21(32-15-31-20)13-19(18)26-23(30)14-33-24-28-27-22(11-16-7-3-1-4-8-16)29(24)17-9-5-2-6-10-17/h1-10,12-13H,11,14-15H2,(H,26,30). The highest BCUT2D eigenvalue weighted by Crippen LogP contribution is 2.39. The van der Waals surface area contributed by atoms with E-state index in [2.05, 4.69) is 27.6 Å². The number of hydrogen-bond donors (Lipinski definition) is 1. The summed E-state index contributed by atoms with van der Waals surface area (Å²) in [6.07, 6.45) is 0.627. The molecule has 0 unspecified atom stereocenters. The molecule has 5 rings (SSSR count). The summed E-state index contributed by atoms with van der Waals surface area (Å²) in [6.45, 7) is 0.138. The molecule has 166 valence electrons. The molecule has 1 aliphatic rings. The van der Waals surface area contributed by atoms with Gasteiger partial charge in [0.25, 0.3) is 0 Å². The molecule has 0 saturated carbocycles. The summed E-state index contributed by atoms with van der Waals surface area (Å²) in [5.41, 5.74) is 2.55. The number of para-hydroxylation sites is 1. The Kier molecular flexibility index (Phi) is 6.19. The van der Waals surface area contributed by atoms with E-state index >= 15 is 0 Å².